The predicted molar refractivity (Wildman–Crippen MR) is 135 cm³/mol. The number of anilines is 1. The van der Waals surface area contributed by atoms with Crippen molar-refractivity contribution in [1.82, 2.24) is 9.97 Å². The topological polar surface area (TPSA) is 145 Å². The molecule has 37 heavy (non-hydrogen) atoms. The Morgan fingerprint density at radius 3 is 2.43 bits per heavy atom. The summed E-state index contributed by atoms with van der Waals surface area (Å²) >= 11 is 1.01. The molecule has 0 radical (unpaired) electrons. The highest BCUT2D eigenvalue weighted by molar-refractivity contribution is 7.22. The van der Waals surface area contributed by atoms with Crippen LogP contribution in [0.15, 0.2) is 66.4 Å². The number of pyridine rings is 1. The number of ether oxygens (including phenoxy) is 2. The van der Waals surface area contributed by atoms with Crippen LogP contribution in [0.3, 0.4) is 0 Å². The summed E-state index contributed by atoms with van der Waals surface area (Å²) in [5.74, 6) is -1.92. The van der Waals surface area contributed by atoms with E-state index < -0.39 is 28.4 Å². The van der Waals surface area contributed by atoms with E-state index in [4.69, 9.17) is 9.47 Å². The van der Waals surface area contributed by atoms with Gasteiger partial charge in [-0.2, -0.15) is 0 Å². The number of hydrogen-bond acceptors (Lipinski definition) is 10. The number of ketones is 1. The second-order valence-electron chi connectivity index (χ2n) is 7.87. The second kappa shape index (κ2) is 9.32. The van der Waals surface area contributed by atoms with Crippen molar-refractivity contribution >= 4 is 49.8 Å². The number of aliphatic hydroxyl groups excluding tert-OH is 1. The average Bonchev–Trinajstić information content (AvgIpc) is 3.45. The number of methoxy groups -OCH3 is 2. The lowest BCUT2D eigenvalue weighted by Gasteiger charge is -2.22. The largest absolute Gasteiger partial charge is 0.506 e. The molecule has 0 saturated carbocycles. The summed E-state index contributed by atoms with van der Waals surface area (Å²) in [6, 6.07) is 12.8. The van der Waals surface area contributed by atoms with Crippen LogP contribution in [0, 0.1) is 10.1 Å². The van der Waals surface area contributed by atoms with E-state index in [1.165, 1.54) is 38.6 Å². The first kappa shape index (κ1) is 23.9. The Morgan fingerprint density at radius 1 is 1.08 bits per heavy atom. The van der Waals surface area contributed by atoms with Crippen molar-refractivity contribution < 1.29 is 29.1 Å². The number of thiazole rings is 1. The van der Waals surface area contributed by atoms with Crippen LogP contribution in [-0.2, 0) is 9.59 Å². The number of nitro groups is 1. The molecule has 0 spiro atoms. The quantitative estimate of drug-likeness (QED) is 0.130. The van der Waals surface area contributed by atoms with E-state index >= 15 is 0 Å². The fourth-order valence-electron chi connectivity index (χ4n) is 4.18. The van der Waals surface area contributed by atoms with E-state index in [0.29, 0.717) is 15.9 Å². The minimum atomic E-state index is -1.13. The van der Waals surface area contributed by atoms with Crippen LogP contribution in [0.25, 0.3) is 16.0 Å². The minimum Gasteiger partial charge on any atom is -0.506 e. The monoisotopic (exact) mass is 518 g/mol. The number of nitro benzene ring substituents is 1. The fraction of sp³-hybridized carbons (Fsp3) is 0.120. The van der Waals surface area contributed by atoms with Gasteiger partial charge >= 0.3 is 5.91 Å². The molecule has 4 aromatic rings. The van der Waals surface area contributed by atoms with Gasteiger partial charge in [-0.3, -0.25) is 29.6 Å². The summed E-state index contributed by atoms with van der Waals surface area (Å²) < 4.78 is 11.2. The van der Waals surface area contributed by atoms with Gasteiger partial charge in [-0.05, 0) is 30.3 Å². The van der Waals surface area contributed by atoms with Gasteiger partial charge in [-0.25, -0.2) is 4.98 Å². The first-order valence-corrected chi connectivity index (χ1v) is 11.7. The predicted octanol–water partition coefficient (Wildman–Crippen LogP) is 4.24. The highest BCUT2D eigenvalue weighted by atomic mass is 32.1. The van der Waals surface area contributed by atoms with Crippen molar-refractivity contribution in [2.45, 2.75) is 6.04 Å². The smallest absolute Gasteiger partial charge is 0.301 e. The molecule has 0 bridgehead atoms. The molecule has 1 aliphatic rings. The van der Waals surface area contributed by atoms with Crippen LogP contribution in [0.1, 0.15) is 17.3 Å². The first-order chi connectivity index (χ1) is 17.8. The Balaban J connectivity index is 1.75. The molecule has 2 aromatic heterocycles. The summed E-state index contributed by atoms with van der Waals surface area (Å²) in [6.07, 6.45) is 1.50. The Hall–Kier alpha value is -4.84. The zero-order valence-corrected chi connectivity index (χ0v) is 20.3. The number of fused-ring (bicyclic) bond motifs is 1. The summed E-state index contributed by atoms with van der Waals surface area (Å²) in [5, 5.41) is 22.8. The van der Waals surface area contributed by atoms with Crippen molar-refractivity contribution in [3.63, 3.8) is 0 Å². The van der Waals surface area contributed by atoms with E-state index in [0.717, 1.165) is 16.2 Å². The summed E-state index contributed by atoms with van der Waals surface area (Å²) in [7, 11) is 2.81. The average molecular weight is 519 g/mol. The molecule has 2 aromatic carbocycles. The molecule has 1 fully saturated rings. The van der Waals surface area contributed by atoms with Gasteiger partial charge < -0.3 is 14.6 Å². The van der Waals surface area contributed by atoms with Gasteiger partial charge in [0.05, 0.1) is 40.6 Å². The van der Waals surface area contributed by atoms with Crippen LogP contribution < -0.4 is 14.4 Å². The normalized spacial score (nSPS) is 16.8. The zero-order chi connectivity index (χ0) is 26.3. The van der Waals surface area contributed by atoms with E-state index in [1.807, 2.05) is 0 Å². The maximum absolute atomic E-state index is 13.4. The molecule has 1 amide bonds. The zero-order valence-electron chi connectivity index (χ0n) is 19.4. The number of nitrogens with zero attached hydrogens (tertiary/aromatic N) is 4. The van der Waals surface area contributed by atoms with Gasteiger partial charge in [0.25, 0.3) is 11.5 Å². The van der Waals surface area contributed by atoms with Crippen LogP contribution in [0.2, 0.25) is 0 Å². The van der Waals surface area contributed by atoms with Gasteiger partial charge in [0.15, 0.2) is 5.13 Å². The SMILES string of the molecule is COc1cccc(OC)c1/C(O)=C1\C(=O)C(=O)N(c2nc3ccc([N+](=O)[O-])cc3s2)C1c1ccccn1. The number of aliphatic hydroxyl groups is 1. The highest BCUT2D eigenvalue weighted by Gasteiger charge is 2.49. The third kappa shape index (κ3) is 3.93. The number of aromatic nitrogens is 2. The van der Waals surface area contributed by atoms with E-state index in [-0.39, 0.29) is 33.5 Å². The lowest BCUT2D eigenvalue weighted by atomic mass is 9.97. The number of non-ortho nitro benzene ring substituents is 1. The van der Waals surface area contributed by atoms with Crippen molar-refractivity contribution in [2.75, 3.05) is 19.1 Å². The molecule has 1 aliphatic heterocycles. The van der Waals surface area contributed by atoms with Gasteiger partial charge in [0.2, 0.25) is 0 Å². The number of hydrogen-bond donors (Lipinski definition) is 1. The maximum atomic E-state index is 13.4. The number of Topliss-reactive ketones (excluding diaryl/α,β-unsaturated/α-hetero) is 1. The minimum absolute atomic E-state index is 0.103. The molecule has 3 heterocycles. The molecule has 12 heteroatoms. The third-order valence-corrected chi connectivity index (χ3v) is 6.87. The summed E-state index contributed by atoms with van der Waals surface area (Å²) in [6.45, 7) is 0. The standard InChI is InChI=1S/C25H18N4O7S/c1-35-16-7-5-8-17(36-2)19(16)22(30)20-21(15-6-3-4-11-26-15)28(24(32)23(20)31)25-27-14-10-9-13(29(33)34)12-18(14)37-25/h3-12,21,30H,1-2H3/b22-20+. The Morgan fingerprint density at radius 2 is 1.81 bits per heavy atom. The number of amides is 1. The van der Waals surface area contributed by atoms with Crippen LogP contribution in [-0.4, -0.2) is 45.9 Å². The van der Waals surface area contributed by atoms with Crippen LogP contribution >= 0.6 is 11.3 Å². The molecule has 11 nitrogen and oxygen atoms in total. The number of benzene rings is 2. The van der Waals surface area contributed by atoms with E-state index in [9.17, 15) is 24.8 Å². The van der Waals surface area contributed by atoms with Gasteiger partial charge in [0, 0.05) is 18.3 Å². The van der Waals surface area contributed by atoms with Crippen LogP contribution in [0.5, 0.6) is 11.5 Å². The summed E-state index contributed by atoms with van der Waals surface area (Å²) in [5.41, 5.74) is 0.471. The lowest BCUT2D eigenvalue weighted by Crippen LogP contribution is -2.29. The molecule has 0 aliphatic carbocycles. The van der Waals surface area contributed by atoms with Crippen molar-refractivity contribution in [1.29, 1.82) is 0 Å². The summed E-state index contributed by atoms with van der Waals surface area (Å²) in [4.78, 5) is 47.4. The molecule has 5 rings (SSSR count). The third-order valence-electron chi connectivity index (χ3n) is 5.85. The maximum Gasteiger partial charge on any atom is 0.301 e. The molecule has 1 atom stereocenters. The number of carbonyl (C=O) groups is 2. The highest BCUT2D eigenvalue weighted by Crippen LogP contribution is 2.46. The first-order valence-electron chi connectivity index (χ1n) is 10.8. The Kier molecular flexibility index (Phi) is 6.01. The van der Waals surface area contributed by atoms with Gasteiger partial charge in [-0.15, -0.1) is 0 Å². The van der Waals surface area contributed by atoms with Crippen molar-refractivity contribution in [2.24, 2.45) is 0 Å². The van der Waals surface area contributed by atoms with Crippen molar-refractivity contribution in [3.05, 3.63) is 87.7 Å². The van der Waals surface area contributed by atoms with Gasteiger partial charge in [0.1, 0.15) is 28.9 Å². The number of rotatable bonds is 6. The van der Waals surface area contributed by atoms with E-state index in [1.54, 1.807) is 36.4 Å². The molecule has 1 N–H and O–H groups in total. The Labute approximate surface area is 213 Å². The second-order valence-corrected chi connectivity index (χ2v) is 8.88. The Bertz CT molecular complexity index is 1580. The van der Waals surface area contributed by atoms with Crippen molar-refractivity contribution in [3.8, 4) is 11.5 Å². The molecular formula is C25H18N4O7S. The molecular weight excluding hydrogens is 500 g/mol. The molecule has 1 saturated heterocycles. The molecule has 186 valence electrons. The fourth-order valence-corrected chi connectivity index (χ4v) is 5.21. The van der Waals surface area contributed by atoms with E-state index in [2.05, 4.69) is 9.97 Å². The van der Waals surface area contributed by atoms with Gasteiger partial charge in [-0.1, -0.05) is 23.5 Å². The van der Waals surface area contributed by atoms with Crippen LogP contribution in [0.4, 0.5) is 10.8 Å². The molecule has 1 unspecified atom stereocenters. The number of carbonyl (C=O) groups excluding carboxylic acids is 2. The lowest BCUT2D eigenvalue weighted by molar-refractivity contribution is -0.384.